The maximum atomic E-state index is 11.6. The Kier molecular flexibility index (Phi) is 5.66. The Bertz CT molecular complexity index is 420. The van der Waals surface area contributed by atoms with Gasteiger partial charge in [0.15, 0.2) is 0 Å². The second kappa shape index (κ2) is 7.29. The molecule has 0 aromatic heterocycles. The van der Waals surface area contributed by atoms with Crippen LogP contribution in [-0.4, -0.2) is 36.9 Å². The van der Waals surface area contributed by atoms with Gasteiger partial charge in [0.1, 0.15) is 6.61 Å². The Labute approximate surface area is 105 Å². The van der Waals surface area contributed by atoms with Gasteiger partial charge in [-0.15, -0.1) is 0 Å². The van der Waals surface area contributed by atoms with Crippen molar-refractivity contribution >= 4 is 17.7 Å². The molecule has 0 aliphatic rings. The molecule has 2 amide bonds. The SMILES string of the molecule is CCNC(=O)c1cccc(NC(=O)OCCO)c1. The van der Waals surface area contributed by atoms with Crippen LogP contribution in [0.1, 0.15) is 17.3 Å². The van der Waals surface area contributed by atoms with E-state index in [1.54, 1.807) is 24.3 Å². The summed E-state index contributed by atoms with van der Waals surface area (Å²) < 4.78 is 4.64. The molecule has 0 aliphatic carbocycles. The molecule has 1 rings (SSSR count). The number of hydrogen-bond acceptors (Lipinski definition) is 4. The van der Waals surface area contributed by atoms with E-state index in [-0.39, 0.29) is 19.1 Å². The highest BCUT2D eigenvalue weighted by atomic mass is 16.6. The third-order valence-electron chi connectivity index (χ3n) is 2.03. The number of aliphatic hydroxyl groups excluding tert-OH is 1. The van der Waals surface area contributed by atoms with Crippen molar-refractivity contribution in [2.24, 2.45) is 0 Å². The van der Waals surface area contributed by atoms with Crippen LogP contribution in [0, 0.1) is 0 Å². The second-order valence-electron chi connectivity index (χ2n) is 3.42. The minimum Gasteiger partial charge on any atom is -0.447 e. The minimum absolute atomic E-state index is 0.0676. The van der Waals surface area contributed by atoms with Gasteiger partial charge < -0.3 is 15.2 Å². The molecule has 0 bridgehead atoms. The fourth-order valence-electron chi connectivity index (χ4n) is 1.29. The maximum Gasteiger partial charge on any atom is 0.411 e. The molecule has 6 nitrogen and oxygen atoms in total. The highest BCUT2D eigenvalue weighted by molar-refractivity contribution is 5.96. The largest absolute Gasteiger partial charge is 0.447 e. The van der Waals surface area contributed by atoms with Crippen LogP contribution in [0.5, 0.6) is 0 Å². The summed E-state index contributed by atoms with van der Waals surface area (Å²) in [5.74, 6) is -0.204. The number of nitrogens with one attached hydrogen (secondary N) is 2. The second-order valence-corrected chi connectivity index (χ2v) is 3.42. The van der Waals surface area contributed by atoms with Gasteiger partial charge in [-0.3, -0.25) is 10.1 Å². The van der Waals surface area contributed by atoms with Crippen LogP contribution in [0.2, 0.25) is 0 Å². The molecule has 0 aliphatic heterocycles. The summed E-state index contributed by atoms with van der Waals surface area (Å²) in [6, 6.07) is 6.50. The predicted molar refractivity (Wildman–Crippen MR) is 66.5 cm³/mol. The molecule has 1 aromatic rings. The molecular weight excluding hydrogens is 236 g/mol. The summed E-state index contributed by atoms with van der Waals surface area (Å²) in [7, 11) is 0. The Balaban J connectivity index is 2.64. The van der Waals surface area contributed by atoms with E-state index in [0.29, 0.717) is 17.8 Å². The highest BCUT2D eigenvalue weighted by Crippen LogP contribution is 2.10. The minimum atomic E-state index is -0.669. The predicted octanol–water partition coefficient (Wildman–Crippen LogP) is 0.977. The van der Waals surface area contributed by atoms with Gasteiger partial charge in [0.05, 0.1) is 6.61 Å². The van der Waals surface area contributed by atoms with Gasteiger partial charge in [0, 0.05) is 17.8 Å². The number of rotatable bonds is 5. The quantitative estimate of drug-likeness (QED) is 0.728. The average molecular weight is 252 g/mol. The molecule has 98 valence electrons. The van der Waals surface area contributed by atoms with E-state index in [4.69, 9.17) is 5.11 Å². The summed E-state index contributed by atoms with van der Waals surface area (Å²) >= 11 is 0. The van der Waals surface area contributed by atoms with Gasteiger partial charge in [0.2, 0.25) is 0 Å². The first-order chi connectivity index (χ1) is 8.67. The molecule has 0 radical (unpaired) electrons. The Hall–Kier alpha value is -2.08. The molecule has 0 saturated heterocycles. The lowest BCUT2D eigenvalue weighted by atomic mass is 10.2. The lowest BCUT2D eigenvalue weighted by Crippen LogP contribution is -2.23. The zero-order valence-corrected chi connectivity index (χ0v) is 10.1. The fraction of sp³-hybridized carbons (Fsp3) is 0.333. The zero-order valence-electron chi connectivity index (χ0n) is 10.1. The van der Waals surface area contributed by atoms with E-state index in [0.717, 1.165) is 0 Å². The Morgan fingerprint density at radius 1 is 1.39 bits per heavy atom. The summed E-state index contributed by atoms with van der Waals surface area (Å²) in [5, 5.41) is 13.6. The van der Waals surface area contributed by atoms with Gasteiger partial charge in [-0.25, -0.2) is 4.79 Å². The third-order valence-corrected chi connectivity index (χ3v) is 2.03. The molecule has 0 fully saturated rings. The normalized spacial score (nSPS) is 9.67. The smallest absolute Gasteiger partial charge is 0.411 e. The zero-order chi connectivity index (χ0) is 13.4. The molecule has 6 heteroatoms. The van der Waals surface area contributed by atoms with Crippen LogP contribution in [-0.2, 0) is 4.74 Å². The first kappa shape index (κ1) is 14.0. The lowest BCUT2D eigenvalue weighted by molar-refractivity contribution is 0.0955. The van der Waals surface area contributed by atoms with Crippen LogP contribution in [0.15, 0.2) is 24.3 Å². The van der Waals surface area contributed by atoms with E-state index < -0.39 is 6.09 Å². The third kappa shape index (κ3) is 4.42. The monoisotopic (exact) mass is 252 g/mol. The summed E-state index contributed by atoms with van der Waals surface area (Å²) in [6.07, 6.45) is -0.669. The fourth-order valence-corrected chi connectivity index (χ4v) is 1.29. The average Bonchev–Trinajstić information content (AvgIpc) is 2.37. The molecule has 18 heavy (non-hydrogen) atoms. The van der Waals surface area contributed by atoms with Crippen molar-refractivity contribution in [2.75, 3.05) is 25.1 Å². The van der Waals surface area contributed by atoms with Crippen molar-refractivity contribution in [1.29, 1.82) is 0 Å². The standard InChI is InChI=1S/C12H16N2O4/c1-2-13-11(16)9-4-3-5-10(8-9)14-12(17)18-7-6-15/h3-5,8,15H,2,6-7H2,1H3,(H,13,16)(H,14,17). The highest BCUT2D eigenvalue weighted by Gasteiger charge is 2.07. The lowest BCUT2D eigenvalue weighted by Gasteiger charge is -2.07. The van der Waals surface area contributed by atoms with Crippen molar-refractivity contribution in [1.82, 2.24) is 5.32 Å². The van der Waals surface area contributed by atoms with E-state index in [9.17, 15) is 9.59 Å². The first-order valence-electron chi connectivity index (χ1n) is 5.60. The Morgan fingerprint density at radius 2 is 2.17 bits per heavy atom. The number of anilines is 1. The van der Waals surface area contributed by atoms with E-state index in [1.807, 2.05) is 6.92 Å². The van der Waals surface area contributed by atoms with Gasteiger partial charge in [0.25, 0.3) is 5.91 Å². The maximum absolute atomic E-state index is 11.6. The van der Waals surface area contributed by atoms with Crippen molar-refractivity contribution < 1.29 is 19.4 Å². The van der Waals surface area contributed by atoms with Crippen molar-refractivity contribution in [2.45, 2.75) is 6.92 Å². The van der Waals surface area contributed by atoms with Crippen molar-refractivity contribution in [3.05, 3.63) is 29.8 Å². The van der Waals surface area contributed by atoms with Crippen LogP contribution >= 0.6 is 0 Å². The Morgan fingerprint density at radius 3 is 2.83 bits per heavy atom. The number of hydrogen-bond donors (Lipinski definition) is 3. The van der Waals surface area contributed by atoms with Crippen molar-refractivity contribution in [3.8, 4) is 0 Å². The molecule has 0 heterocycles. The van der Waals surface area contributed by atoms with Gasteiger partial charge in [-0.05, 0) is 25.1 Å². The topological polar surface area (TPSA) is 87.7 Å². The van der Waals surface area contributed by atoms with Gasteiger partial charge in [-0.2, -0.15) is 0 Å². The number of aliphatic hydroxyl groups is 1. The number of ether oxygens (including phenoxy) is 1. The van der Waals surface area contributed by atoms with Crippen LogP contribution < -0.4 is 10.6 Å². The first-order valence-corrected chi connectivity index (χ1v) is 5.60. The molecule has 0 spiro atoms. The number of carbonyl (C=O) groups is 2. The molecule has 0 saturated carbocycles. The molecule has 0 atom stereocenters. The molecule has 1 aromatic carbocycles. The number of benzene rings is 1. The van der Waals surface area contributed by atoms with Crippen LogP contribution in [0.4, 0.5) is 10.5 Å². The van der Waals surface area contributed by atoms with E-state index in [2.05, 4.69) is 15.4 Å². The summed E-state index contributed by atoms with van der Waals surface area (Å²) in [5.41, 5.74) is 0.915. The van der Waals surface area contributed by atoms with Gasteiger partial charge in [-0.1, -0.05) is 6.07 Å². The number of amides is 2. The van der Waals surface area contributed by atoms with Gasteiger partial charge >= 0.3 is 6.09 Å². The van der Waals surface area contributed by atoms with Crippen LogP contribution in [0.3, 0.4) is 0 Å². The molecule has 3 N–H and O–H groups in total. The van der Waals surface area contributed by atoms with E-state index >= 15 is 0 Å². The molecular formula is C12H16N2O4. The van der Waals surface area contributed by atoms with Crippen molar-refractivity contribution in [3.63, 3.8) is 0 Å². The van der Waals surface area contributed by atoms with Crippen LogP contribution in [0.25, 0.3) is 0 Å². The van der Waals surface area contributed by atoms with E-state index in [1.165, 1.54) is 0 Å². The molecule has 0 unspecified atom stereocenters. The summed E-state index contributed by atoms with van der Waals surface area (Å²) in [4.78, 5) is 22.8. The number of carbonyl (C=O) groups excluding carboxylic acids is 2. The summed E-state index contributed by atoms with van der Waals surface area (Å²) in [6.45, 7) is 2.06.